The van der Waals surface area contributed by atoms with Crippen molar-refractivity contribution in [2.45, 2.75) is 45.6 Å². The lowest BCUT2D eigenvalue weighted by molar-refractivity contribution is -0.142. The number of nitrogens with one attached hydrogen (secondary N) is 1. The first kappa shape index (κ1) is 17.3. The minimum atomic E-state index is -0.804. The van der Waals surface area contributed by atoms with Crippen LogP contribution in [0.25, 0.3) is 0 Å². The number of carbonyl (C=O) groups is 1. The highest BCUT2D eigenvalue weighted by Crippen LogP contribution is 2.42. The second kappa shape index (κ2) is 7.47. The van der Waals surface area contributed by atoms with Crippen molar-refractivity contribution in [2.24, 2.45) is 5.92 Å². The minimum Gasteiger partial charge on any atom is -0.492 e. The van der Waals surface area contributed by atoms with Crippen molar-refractivity contribution in [1.82, 2.24) is 0 Å². The van der Waals surface area contributed by atoms with Gasteiger partial charge in [0, 0.05) is 12.3 Å². The Morgan fingerprint density at radius 1 is 1.43 bits per heavy atom. The van der Waals surface area contributed by atoms with Crippen molar-refractivity contribution in [3.05, 3.63) is 23.8 Å². The molecular weight excluding hydrogens is 292 g/mol. The van der Waals surface area contributed by atoms with Crippen molar-refractivity contribution in [3.8, 4) is 11.8 Å². The molecule has 1 N–H and O–H groups in total. The SMILES string of the molecule is CCCOC(C)(C(=O)Nc1ccc(OCC)c(C#N)c1)C1CC1. The van der Waals surface area contributed by atoms with Crippen LogP contribution in [0.5, 0.6) is 5.75 Å². The molecule has 1 saturated carbocycles. The van der Waals surface area contributed by atoms with Gasteiger partial charge in [-0.3, -0.25) is 4.79 Å². The molecule has 124 valence electrons. The Morgan fingerprint density at radius 3 is 2.74 bits per heavy atom. The third kappa shape index (κ3) is 4.02. The first-order valence-electron chi connectivity index (χ1n) is 8.17. The van der Waals surface area contributed by atoms with E-state index in [2.05, 4.69) is 11.4 Å². The van der Waals surface area contributed by atoms with Gasteiger partial charge in [-0.15, -0.1) is 0 Å². The van der Waals surface area contributed by atoms with E-state index in [1.165, 1.54) is 0 Å². The van der Waals surface area contributed by atoms with Crippen LogP contribution in [0.2, 0.25) is 0 Å². The number of amides is 1. The number of hydrogen-bond acceptors (Lipinski definition) is 4. The van der Waals surface area contributed by atoms with Crippen molar-refractivity contribution in [2.75, 3.05) is 18.5 Å². The van der Waals surface area contributed by atoms with E-state index in [-0.39, 0.29) is 11.8 Å². The molecule has 1 atom stereocenters. The topological polar surface area (TPSA) is 71.3 Å². The van der Waals surface area contributed by atoms with E-state index in [0.29, 0.717) is 30.2 Å². The molecule has 23 heavy (non-hydrogen) atoms. The fourth-order valence-corrected chi connectivity index (χ4v) is 2.55. The summed E-state index contributed by atoms with van der Waals surface area (Å²) in [5.41, 5.74) is 0.190. The molecule has 1 aliphatic rings. The molecule has 0 saturated heterocycles. The molecular formula is C18H24N2O3. The number of rotatable bonds is 8. The van der Waals surface area contributed by atoms with Crippen LogP contribution in [0, 0.1) is 17.2 Å². The van der Waals surface area contributed by atoms with E-state index in [1.807, 2.05) is 20.8 Å². The zero-order valence-corrected chi connectivity index (χ0v) is 14.0. The Morgan fingerprint density at radius 2 is 2.17 bits per heavy atom. The smallest absolute Gasteiger partial charge is 0.256 e. The van der Waals surface area contributed by atoms with Crippen LogP contribution < -0.4 is 10.1 Å². The van der Waals surface area contributed by atoms with Crippen molar-refractivity contribution >= 4 is 11.6 Å². The molecule has 5 nitrogen and oxygen atoms in total. The summed E-state index contributed by atoms with van der Waals surface area (Å²) >= 11 is 0. The molecule has 5 heteroatoms. The molecule has 0 aromatic heterocycles. The Bertz CT molecular complexity index is 605. The molecule has 0 heterocycles. The summed E-state index contributed by atoms with van der Waals surface area (Å²) < 4.78 is 11.3. The van der Waals surface area contributed by atoms with E-state index in [9.17, 15) is 10.1 Å². The minimum absolute atomic E-state index is 0.151. The molecule has 0 radical (unpaired) electrons. The van der Waals surface area contributed by atoms with Gasteiger partial charge in [-0.25, -0.2) is 0 Å². The van der Waals surface area contributed by atoms with Crippen LogP contribution in [0.3, 0.4) is 0 Å². The monoisotopic (exact) mass is 316 g/mol. The number of nitrogens with zero attached hydrogens (tertiary/aromatic N) is 1. The first-order chi connectivity index (χ1) is 11.0. The Balaban J connectivity index is 2.14. The van der Waals surface area contributed by atoms with E-state index < -0.39 is 5.60 Å². The molecule has 2 rings (SSSR count). The van der Waals surface area contributed by atoms with Crippen LogP contribution >= 0.6 is 0 Å². The molecule has 0 aliphatic heterocycles. The van der Waals surface area contributed by atoms with Crippen LogP contribution in [-0.2, 0) is 9.53 Å². The summed E-state index contributed by atoms with van der Waals surface area (Å²) in [6.45, 7) is 6.80. The second-order valence-corrected chi connectivity index (χ2v) is 5.94. The van der Waals surface area contributed by atoms with Gasteiger partial charge in [-0.2, -0.15) is 5.26 Å². The number of nitriles is 1. The summed E-state index contributed by atoms with van der Waals surface area (Å²) in [5.74, 6) is 0.647. The fourth-order valence-electron chi connectivity index (χ4n) is 2.55. The van der Waals surface area contributed by atoms with Crippen LogP contribution in [0.1, 0.15) is 45.6 Å². The van der Waals surface area contributed by atoms with Gasteiger partial charge in [0.25, 0.3) is 5.91 Å². The van der Waals surface area contributed by atoms with Crippen molar-refractivity contribution < 1.29 is 14.3 Å². The Kier molecular flexibility index (Phi) is 5.62. The zero-order chi connectivity index (χ0) is 16.9. The van der Waals surface area contributed by atoms with E-state index in [0.717, 1.165) is 19.3 Å². The van der Waals surface area contributed by atoms with Crippen LogP contribution in [0.15, 0.2) is 18.2 Å². The summed E-state index contributed by atoms with van der Waals surface area (Å²) in [4.78, 5) is 12.7. The highest BCUT2D eigenvalue weighted by molar-refractivity contribution is 5.97. The zero-order valence-electron chi connectivity index (χ0n) is 14.0. The summed E-state index contributed by atoms with van der Waals surface area (Å²) in [5, 5.41) is 12.1. The quantitative estimate of drug-likeness (QED) is 0.797. The van der Waals surface area contributed by atoms with Gasteiger partial charge in [0.2, 0.25) is 0 Å². The predicted octanol–water partition coefficient (Wildman–Crippen LogP) is 3.49. The second-order valence-electron chi connectivity index (χ2n) is 5.94. The third-order valence-electron chi connectivity index (χ3n) is 4.07. The fraction of sp³-hybridized carbons (Fsp3) is 0.556. The van der Waals surface area contributed by atoms with Crippen molar-refractivity contribution in [3.63, 3.8) is 0 Å². The number of hydrogen-bond donors (Lipinski definition) is 1. The number of carbonyl (C=O) groups excluding carboxylic acids is 1. The average molecular weight is 316 g/mol. The number of benzene rings is 1. The van der Waals surface area contributed by atoms with E-state index in [4.69, 9.17) is 9.47 Å². The maximum Gasteiger partial charge on any atom is 0.256 e. The standard InChI is InChI=1S/C18H24N2O3/c1-4-10-23-18(3,14-6-7-14)17(21)20-15-8-9-16(22-5-2)13(11-15)12-19/h8-9,11,14H,4-7,10H2,1-3H3,(H,20,21). The summed E-state index contributed by atoms with van der Waals surface area (Å²) in [6.07, 6.45) is 2.90. The molecule has 0 spiro atoms. The van der Waals surface area contributed by atoms with Gasteiger partial charge in [-0.05, 0) is 57.2 Å². The van der Waals surface area contributed by atoms with Gasteiger partial charge in [0.15, 0.2) is 0 Å². The molecule has 1 fully saturated rings. The Hall–Kier alpha value is -2.06. The van der Waals surface area contributed by atoms with Gasteiger partial charge < -0.3 is 14.8 Å². The largest absolute Gasteiger partial charge is 0.492 e. The molecule has 0 bridgehead atoms. The van der Waals surface area contributed by atoms with Crippen molar-refractivity contribution in [1.29, 1.82) is 5.26 Å². The normalized spacial score (nSPS) is 16.3. The van der Waals surface area contributed by atoms with Crippen LogP contribution in [-0.4, -0.2) is 24.7 Å². The lowest BCUT2D eigenvalue weighted by Crippen LogP contribution is -2.45. The van der Waals surface area contributed by atoms with Gasteiger partial charge in [0.1, 0.15) is 17.4 Å². The molecule has 1 unspecified atom stereocenters. The van der Waals surface area contributed by atoms with E-state index in [1.54, 1.807) is 18.2 Å². The maximum atomic E-state index is 12.7. The van der Waals surface area contributed by atoms with Gasteiger partial charge in [-0.1, -0.05) is 6.92 Å². The molecule has 1 aromatic rings. The maximum absolute atomic E-state index is 12.7. The lowest BCUT2D eigenvalue weighted by atomic mass is 9.98. The Labute approximate surface area is 137 Å². The number of ether oxygens (including phenoxy) is 2. The summed E-state index contributed by atoms with van der Waals surface area (Å²) in [7, 11) is 0. The van der Waals surface area contributed by atoms with Gasteiger partial charge in [0.05, 0.1) is 12.2 Å². The highest BCUT2D eigenvalue weighted by atomic mass is 16.5. The highest BCUT2D eigenvalue weighted by Gasteiger charge is 2.48. The van der Waals surface area contributed by atoms with E-state index >= 15 is 0 Å². The molecule has 1 amide bonds. The lowest BCUT2D eigenvalue weighted by Gasteiger charge is -2.28. The third-order valence-corrected chi connectivity index (χ3v) is 4.07. The summed E-state index contributed by atoms with van der Waals surface area (Å²) in [6, 6.07) is 7.18. The average Bonchev–Trinajstić information content (AvgIpc) is 3.39. The molecule has 1 aliphatic carbocycles. The predicted molar refractivity (Wildman–Crippen MR) is 88.3 cm³/mol. The van der Waals surface area contributed by atoms with Crippen LogP contribution in [0.4, 0.5) is 5.69 Å². The first-order valence-corrected chi connectivity index (χ1v) is 8.17. The molecule has 1 aromatic carbocycles. The van der Waals surface area contributed by atoms with Gasteiger partial charge >= 0.3 is 0 Å². The number of anilines is 1.